The molecule has 0 radical (unpaired) electrons. The third kappa shape index (κ3) is 3.88. The molecule has 0 amide bonds. The van der Waals surface area contributed by atoms with Crippen molar-refractivity contribution < 1.29 is 9.84 Å². The molecule has 0 spiro atoms. The van der Waals surface area contributed by atoms with E-state index in [9.17, 15) is 5.11 Å². The normalized spacial score (nSPS) is 18.8. The van der Waals surface area contributed by atoms with E-state index in [0.717, 1.165) is 50.2 Å². The molecule has 0 saturated carbocycles. The lowest BCUT2D eigenvalue weighted by Gasteiger charge is -2.29. The minimum Gasteiger partial charge on any atom is -0.394 e. The summed E-state index contributed by atoms with van der Waals surface area (Å²) >= 11 is 1.35. The molecule has 1 aromatic heterocycles. The highest BCUT2D eigenvalue weighted by molar-refractivity contribution is 7.09. The van der Waals surface area contributed by atoms with Crippen molar-refractivity contribution in [1.29, 1.82) is 0 Å². The maximum atomic E-state index is 9.42. The first-order chi connectivity index (χ1) is 8.81. The molecule has 102 valence electrons. The van der Waals surface area contributed by atoms with Crippen molar-refractivity contribution in [3.8, 4) is 0 Å². The molecular weight excluding hydrogens is 252 g/mol. The predicted octanol–water partition coefficient (Wildman–Crippen LogP) is 0.205. The topological polar surface area (TPSA) is 70.5 Å². The summed E-state index contributed by atoms with van der Waals surface area (Å²) < 4.78 is 9.53. The largest absolute Gasteiger partial charge is 0.394 e. The van der Waals surface area contributed by atoms with Crippen LogP contribution in [0.25, 0.3) is 0 Å². The second-order valence-corrected chi connectivity index (χ2v) is 5.06. The molecule has 1 fully saturated rings. The van der Waals surface area contributed by atoms with E-state index in [-0.39, 0.29) is 12.6 Å². The highest BCUT2D eigenvalue weighted by Gasteiger charge is 2.17. The molecule has 1 aliphatic rings. The number of nitrogens with zero attached hydrogens (tertiary/aromatic N) is 3. The van der Waals surface area contributed by atoms with Crippen LogP contribution in [0.3, 0.4) is 0 Å². The summed E-state index contributed by atoms with van der Waals surface area (Å²) in [7, 11) is 0. The fourth-order valence-corrected chi connectivity index (χ4v) is 2.60. The van der Waals surface area contributed by atoms with Gasteiger partial charge in [-0.05, 0) is 0 Å². The molecule has 0 bridgehead atoms. The van der Waals surface area contributed by atoms with Crippen LogP contribution in [-0.4, -0.2) is 64.9 Å². The Bertz CT molecular complexity index is 355. The Morgan fingerprint density at radius 3 is 2.89 bits per heavy atom. The standard InChI is InChI=1S/C11H20N4O2S/c1-2-10-13-11(18-14-10)12-9(8-16)7-15-3-5-17-6-4-15/h9,16H,2-8H2,1H3,(H,12,13,14). The number of aryl methyl sites for hydroxylation is 1. The number of morpholine rings is 1. The molecule has 18 heavy (non-hydrogen) atoms. The van der Waals surface area contributed by atoms with Crippen molar-refractivity contribution in [2.45, 2.75) is 19.4 Å². The van der Waals surface area contributed by atoms with E-state index in [1.807, 2.05) is 6.92 Å². The van der Waals surface area contributed by atoms with Gasteiger partial charge in [-0.25, -0.2) is 4.98 Å². The first kappa shape index (κ1) is 13.7. The highest BCUT2D eigenvalue weighted by atomic mass is 32.1. The number of hydrogen-bond donors (Lipinski definition) is 2. The van der Waals surface area contributed by atoms with E-state index in [1.165, 1.54) is 11.5 Å². The van der Waals surface area contributed by atoms with Crippen LogP contribution in [0.15, 0.2) is 0 Å². The van der Waals surface area contributed by atoms with Gasteiger partial charge in [0.1, 0.15) is 5.82 Å². The number of aliphatic hydroxyl groups excluding tert-OH is 1. The van der Waals surface area contributed by atoms with Crippen molar-refractivity contribution in [3.63, 3.8) is 0 Å². The minimum absolute atomic E-state index is 0.000700. The van der Waals surface area contributed by atoms with Gasteiger partial charge in [-0.15, -0.1) is 0 Å². The fourth-order valence-electron chi connectivity index (χ4n) is 1.88. The van der Waals surface area contributed by atoms with E-state index in [2.05, 4.69) is 19.6 Å². The molecule has 2 N–H and O–H groups in total. The summed E-state index contributed by atoms with van der Waals surface area (Å²) in [6.45, 7) is 6.33. The maximum absolute atomic E-state index is 9.42. The molecule has 6 nitrogen and oxygen atoms in total. The zero-order valence-corrected chi connectivity index (χ0v) is 11.4. The van der Waals surface area contributed by atoms with Crippen LogP contribution in [0.1, 0.15) is 12.7 Å². The molecule has 0 aromatic carbocycles. The van der Waals surface area contributed by atoms with Crippen LogP contribution in [0, 0.1) is 0 Å². The Morgan fingerprint density at radius 2 is 2.28 bits per heavy atom. The summed E-state index contributed by atoms with van der Waals surface area (Å²) in [4.78, 5) is 6.64. The molecule has 1 unspecified atom stereocenters. The summed E-state index contributed by atoms with van der Waals surface area (Å²) in [5, 5.41) is 13.5. The van der Waals surface area contributed by atoms with Gasteiger partial charge < -0.3 is 15.2 Å². The van der Waals surface area contributed by atoms with E-state index >= 15 is 0 Å². The fraction of sp³-hybridized carbons (Fsp3) is 0.818. The number of rotatable bonds is 6. The monoisotopic (exact) mass is 272 g/mol. The average molecular weight is 272 g/mol. The van der Waals surface area contributed by atoms with Gasteiger partial charge in [0, 0.05) is 37.6 Å². The summed E-state index contributed by atoms with van der Waals surface area (Å²) in [5.41, 5.74) is 0. The van der Waals surface area contributed by atoms with Crippen LogP contribution in [0.5, 0.6) is 0 Å². The first-order valence-electron chi connectivity index (χ1n) is 6.32. The van der Waals surface area contributed by atoms with Crippen molar-refractivity contribution in [2.24, 2.45) is 0 Å². The van der Waals surface area contributed by atoms with Crippen molar-refractivity contribution in [2.75, 3.05) is 44.8 Å². The molecule has 7 heteroatoms. The highest BCUT2D eigenvalue weighted by Crippen LogP contribution is 2.13. The van der Waals surface area contributed by atoms with Gasteiger partial charge in [0.05, 0.1) is 25.9 Å². The van der Waals surface area contributed by atoms with E-state index in [4.69, 9.17) is 4.74 Å². The smallest absolute Gasteiger partial charge is 0.202 e. The molecule has 1 saturated heterocycles. The summed E-state index contributed by atoms with van der Waals surface area (Å²) in [6, 6.07) is 0.000700. The number of nitrogens with one attached hydrogen (secondary N) is 1. The molecule has 1 aromatic rings. The lowest BCUT2D eigenvalue weighted by Crippen LogP contribution is -2.44. The Labute approximate surface area is 111 Å². The van der Waals surface area contributed by atoms with Gasteiger partial charge in [0.15, 0.2) is 0 Å². The molecular formula is C11H20N4O2S. The SMILES string of the molecule is CCc1nsc(NC(CO)CN2CCOCC2)n1. The van der Waals surface area contributed by atoms with E-state index in [1.54, 1.807) is 0 Å². The van der Waals surface area contributed by atoms with Gasteiger partial charge in [0.25, 0.3) is 0 Å². The number of ether oxygens (including phenoxy) is 1. The lowest BCUT2D eigenvalue weighted by molar-refractivity contribution is 0.0335. The van der Waals surface area contributed by atoms with Crippen molar-refractivity contribution in [1.82, 2.24) is 14.3 Å². The third-order valence-electron chi connectivity index (χ3n) is 2.91. The van der Waals surface area contributed by atoms with E-state index in [0.29, 0.717) is 0 Å². The molecule has 0 aliphatic carbocycles. The summed E-state index contributed by atoms with van der Waals surface area (Å²) in [5.74, 6) is 0.852. The molecule has 2 rings (SSSR count). The Kier molecular flexibility index (Phi) is 5.30. The molecule has 1 aliphatic heterocycles. The molecule has 2 heterocycles. The number of hydrogen-bond acceptors (Lipinski definition) is 7. The van der Waals surface area contributed by atoms with E-state index < -0.39 is 0 Å². The number of aliphatic hydroxyl groups is 1. The first-order valence-corrected chi connectivity index (χ1v) is 7.09. The second-order valence-electron chi connectivity index (χ2n) is 4.31. The lowest BCUT2D eigenvalue weighted by atomic mass is 10.2. The van der Waals surface area contributed by atoms with Gasteiger partial charge in [0.2, 0.25) is 5.13 Å². The van der Waals surface area contributed by atoms with Crippen molar-refractivity contribution in [3.05, 3.63) is 5.82 Å². The third-order valence-corrected chi connectivity index (χ3v) is 3.60. The summed E-state index contributed by atoms with van der Waals surface area (Å²) in [6.07, 6.45) is 0.839. The minimum atomic E-state index is 0.000700. The zero-order chi connectivity index (χ0) is 12.8. The van der Waals surface area contributed by atoms with Crippen LogP contribution >= 0.6 is 11.5 Å². The Hall–Kier alpha value is -0.760. The Balaban J connectivity index is 1.84. The predicted molar refractivity (Wildman–Crippen MR) is 71.0 cm³/mol. The van der Waals surface area contributed by atoms with Gasteiger partial charge in [-0.3, -0.25) is 4.90 Å². The van der Waals surface area contributed by atoms with Crippen LogP contribution < -0.4 is 5.32 Å². The average Bonchev–Trinajstić information content (AvgIpc) is 2.87. The molecule has 1 atom stereocenters. The Morgan fingerprint density at radius 1 is 1.50 bits per heavy atom. The quantitative estimate of drug-likeness (QED) is 0.771. The van der Waals surface area contributed by atoms with Crippen LogP contribution in [0.2, 0.25) is 0 Å². The number of aromatic nitrogens is 2. The van der Waals surface area contributed by atoms with Crippen LogP contribution in [-0.2, 0) is 11.2 Å². The number of anilines is 1. The zero-order valence-electron chi connectivity index (χ0n) is 10.6. The van der Waals surface area contributed by atoms with Gasteiger partial charge in [-0.2, -0.15) is 4.37 Å². The second kappa shape index (κ2) is 6.98. The van der Waals surface area contributed by atoms with Crippen LogP contribution in [0.4, 0.5) is 5.13 Å². The van der Waals surface area contributed by atoms with Crippen molar-refractivity contribution >= 4 is 16.7 Å². The van der Waals surface area contributed by atoms with Gasteiger partial charge in [-0.1, -0.05) is 6.92 Å². The maximum Gasteiger partial charge on any atom is 0.202 e. The van der Waals surface area contributed by atoms with Gasteiger partial charge >= 0.3 is 0 Å².